The molecular formula is C21H17N3O. The van der Waals surface area contributed by atoms with E-state index in [-0.39, 0.29) is 0 Å². The van der Waals surface area contributed by atoms with E-state index < -0.39 is 0 Å². The van der Waals surface area contributed by atoms with E-state index >= 15 is 0 Å². The Morgan fingerprint density at radius 2 is 1.68 bits per heavy atom. The number of aromatic nitrogens is 3. The average Bonchev–Trinajstić information content (AvgIpc) is 3.12. The molecule has 4 heteroatoms. The molecule has 0 unspecified atom stereocenters. The molecule has 0 fully saturated rings. The number of rotatable bonds is 1. The molecule has 122 valence electrons. The lowest BCUT2D eigenvalue weighted by Gasteiger charge is -2.07. The second-order valence-electron chi connectivity index (χ2n) is 6.52. The van der Waals surface area contributed by atoms with E-state index in [0.29, 0.717) is 5.71 Å². The lowest BCUT2D eigenvalue weighted by Crippen LogP contribution is -1.95. The molecule has 0 radical (unpaired) electrons. The minimum atomic E-state index is 0.681. The molecule has 2 aromatic carbocycles. The predicted octanol–water partition coefficient (Wildman–Crippen LogP) is 5.15. The molecular weight excluding hydrogens is 310 g/mol. The van der Waals surface area contributed by atoms with Gasteiger partial charge in [0.15, 0.2) is 0 Å². The molecule has 0 bridgehead atoms. The molecule has 5 aromatic rings. The number of imidazole rings is 1. The van der Waals surface area contributed by atoms with E-state index in [9.17, 15) is 0 Å². The maximum absolute atomic E-state index is 6.19. The first-order valence-electron chi connectivity index (χ1n) is 8.35. The van der Waals surface area contributed by atoms with E-state index in [2.05, 4.69) is 40.7 Å². The van der Waals surface area contributed by atoms with Gasteiger partial charge in [-0.25, -0.2) is 9.97 Å². The van der Waals surface area contributed by atoms with Gasteiger partial charge in [-0.3, -0.25) is 0 Å². The summed E-state index contributed by atoms with van der Waals surface area (Å²) >= 11 is 0. The van der Waals surface area contributed by atoms with Gasteiger partial charge in [0.25, 0.3) is 0 Å². The molecule has 25 heavy (non-hydrogen) atoms. The quantitative estimate of drug-likeness (QED) is 0.427. The van der Waals surface area contributed by atoms with Gasteiger partial charge in [-0.15, -0.1) is 0 Å². The molecule has 0 N–H and O–H groups in total. The van der Waals surface area contributed by atoms with E-state index in [4.69, 9.17) is 9.40 Å². The Bertz CT molecular complexity index is 1280. The van der Waals surface area contributed by atoms with Crippen LogP contribution in [0.25, 0.3) is 44.5 Å². The first-order valence-corrected chi connectivity index (χ1v) is 8.35. The second-order valence-corrected chi connectivity index (χ2v) is 6.52. The molecule has 0 saturated heterocycles. The molecule has 0 aliphatic rings. The highest BCUT2D eigenvalue weighted by Gasteiger charge is 2.19. The smallest absolute Gasteiger partial charge is 0.227 e. The van der Waals surface area contributed by atoms with E-state index in [1.54, 1.807) is 0 Å². The number of fused-ring (bicyclic) bond motifs is 4. The number of nitrogens with zero attached hydrogens (tertiary/aromatic N) is 3. The summed E-state index contributed by atoms with van der Waals surface area (Å²) in [4.78, 5) is 9.41. The largest absolute Gasteiger partial charge is 0.437 e. The standard InChI is InChI=1S/C21H17N3O/c1-12-8-10-14-15-11-9-13(2)22-21(15)25-19(14)18(12)20-23-16-6-4-5-7-17(16)24(20)3/h4-11H,1-3H3. The van der Waals surface area contributed by atoms with Crippen molar-refractivity contribution < 1.29 is 4.42 Å². The highest BCUT2D eigenvalue weighted by atomic mass is 16.3. The van der Waals surface area contributed by atoms with Crippen LogP contribution >= 0.6 is 0 Å². The van der Waals surface area contributed by atoms with Gasteiger partial charge < -0.3 is 8.98 Å². The zero-order chi connectivity index (χ0) is 17.1. The summed E-state index contributed by atoms with van der Waals surface area (Å²) in [6, 6.07) is 16.5. The van der Waals surface area contributed by atoms with Crippen molar-refractivity contribution in [2.45, 2.75) is 13.8 Å². The number of benzene rings is 2. The zero-order valence-corrected chi connectivity index (χ0v) is 14.4. The summed E-state index contributed by atoms with van der Waals surface area (Å²) in [5.74, 6) is 0.917. The Morgan fingerprint density at radius 1 is 0.880 bits per heavy atom. The van der Waals surface area contributed by atoms with Gasteiger partial charge in [0.1, 0.15) is 11.4 Å². The highest BCUT2D eigenvalue weighted by molar-refractivity contribution is 6.09. The minimum Gasteiger partial charge on any atom is -0.437 e. The number of aryl methyl sites for hydroxylation is 3. The van der Waals surface area contributed by atoms with Crippen molar-refractivity contribution in [2.24, 2.45) is 7.05 Å². The fraction of sp³-hybridized carbons (Fsp3) is 0.143. The van der Waals surface area contributed by atoms with E-state index in [1.807, 2.05) is 38.2 Å². The van der Waals surface area contributed by atoms with Crippen LogP contribution in [-0.4, -0.2) is 14.5 Å². The number of furan rings is 1. The lowest BCUT2D eigenvalue weighted by atomic mass is 10.0. The summed E-state index contributed by atoms with van der Waals surface area (Å²) in [5, 5.41) is 2.12. The molecule has 0 spiro atoms. The van der Waals surface area contributed by atoms with Gasteiger partial charge in [-0.2, -0.15) is 0 Å². The maximum atomic E-state index is 6.19. The molecule has 0 aliphatic heterocycles. The third-order valence-electron chi connectivity index (χ3n) is 4.87. The fourth-order valence-electron chi connectivity index (χ4n) is 3.56. The molecule has 0 aliphatic carbocycles. The Hall–Kier alpha value is -3.14. The number of para-hydroxylation sites is 2. The molecule has 5 rings (SSSR count). The average molecular weight is 327 g/mol. The number of pyridine rings is 1. The highest BCUT2D eigenvalue weighted by Crippen LogP contribution is 2.37. The SMILES string of the molecule is Cc1ccc2c(n1)oc1c(-c3nc4ccccc4n3C)c(C)ccc12. The second kappa shape index (κ2) is 4.93. The minimum absolute atomic E-state index is 0.681. The van der Waals surface area contributed by atoms with Gasteiger partial charge in [0.05, 0.1) is 16.6 Å². The Labute approximate surface area is 144 Å². The summed E-state index contributed by atoms with van der Waals surface area (Å²) in [6.45, 7) is 4.07. The number of hydrogen-bond donors (Lipinski definition) is 0. The molecule has 0 amide bonds. The van der Waals surface area contributed by atoms with Crippen molar-refractivity contribution in [1.82, 2.24) is 14.5 Å². The van der Waals surface area contributed by atoms with Crippen LogP contribution in [0.3, 0.4) is 0 Å². The number of hydrogen-bond acceptors (Lipinski definition) is 3. The van der Waals surface area contributed by atoms with Crippen LogP contribution in [0.15, 0.2) is 52.9 Å². The van der Waals surface area contributed by atoms with Crippen LogP contribution in [0.5, 0.6) is 0 Å². The maximum Gasteiger partial charge on any atom is 0.227 e. The van der Waals surface area contributed by atoms with Crippen LogP contribution < -0.4 is 0 Å². The monoisotopic (exact) mass is 327 g/mol. The van der Waals surface area contributed by atoms with Crippen molar-refractivity contribution in [3.05, 3.63) is 59.8 Å². The van der Waals surface area contributed by atoms with Crippen molar-refractivity contribution in [1.29, 1.82) is 0 Å². The summed E-state index contributed by atoms with van der Waals surface area (Å²) in [7, 11) is 2.05. The molecule has 3 aromatic heterocycles. The van der Waals surface area contributed by atoms with E-state index in [0.717, 1.165) is 50.0 Å². The van der Waals surface area contributed by atoms with Gasteiger partial charge >= 0.3 is 0 Å². The Morgan fingerprint density at radius 3 is 2.52 bits per heavy atom. The first kappa shape index (κ1) is 14.2. The van der Waals surface area contributed by atoms with Crippen molar-refractivity contribution in [3.63, 3.8) is 0 Å². The third kappa shape index (κ3) is 1.94. The summed E-state index contributed by atoms with van der Waals surface area (Å²) < 4.78 is 8.31. The lowest BCUT2D eigenvalue weighted by molar-refractivity contribution is 0.652. The van der Waals surface area contributed by atoms with Gasteiger partial charge in [-0.05, 0) is 43.7 Å². The van der Waals surface area contributed by atoms with Crippen molar-refractivity contribution in [2.75, 3.05) is 0 Å². The summed E-state index contributed by atoms with van der Waals surface area (Å²) in [5.41, 5.74) is 6.76. The normalized spacial score (nSPS) is 11.8. The predicted molar refractivity (Wildman–Crippen MR) is 101 cm³/mol. The molecule has 4 nitrogen and oxygen atoms in total. The molecule has 3 heterocycles. The van der Waals surface area contributed by atoms with Gasteiger partial charge in [0.2, 0.25) is 5.71 Å². The van der Waals surface area contributed by atoms with Crippen LogP contribution in [-0.2, 0) is 7.05 Å². The Kier molecular flexibility index (Phi) is 2.80. The van der Waals surface area contributed by atoms with Crippen molar-refractivity contribution in [3.8, 4) is 11.4 Å². The first-order chi connectivity index (χ1) is 12.1. The van der Waals surface area contributed by atoms with Crippen LogP contribution in [0.4, 0.5) is 0 Å². The van der Waals surface area contributed by atoms with Gasteiger partial charge in [-0.1, -0.05) is 24.3 Å². The zero-order valence-electron chi connectivity index (χ0n) is 14.4. The van der Waals surface area contributed by atoms with Gasteiger partial charge in [0, 0.05) is 23.5 Å². The van der Waals surface area contributed by atoms with Crippen LogP contribution in [0, 0.1) is 13.8 Å². The van der Waals surface area contributed by atoms with E-state index in [1.165, 1.54) is 0 Å². The van der Waals surface area contributed by atoms with Crippen LogP contribution in [0.2, 0.25) is 0 Å². The van der Waals surface area contributed by atoms with Crippen LogP contribution in [0.1, 0.15) is 11.3 Å². The summed E-state index contributed by atoms with van der Waals surface area (Å²) in [6.07, 6.45) is 0. The fourth-order valence-corrected chi connectivity index (χ4v) is 3.56. The molecule has 0 saturated carbocycles. The van der Waals surface area contributed by atoms with Crippen molar-refractivity contribution >= 4 is 33.1 Å². The Balaban J connectivity index is 1.92. The topological polar surface area (TPSA) is 43.9 Å². The third-order valence-corrected chi connectivity index (χ3v) is 4.87. The molecule has 0 atom stereocenters.